The molecule has 1 fully saturated rings. The van der Waals surface area contributed by atoms with Crippen molar-refractivity contribution >= 4 is 15.7 Å². The summed E-state index contributed by atoms with van der Waals surface area (Å²) in [6.45, 7) is 0.338. The number of sulfone groups is 1. The first-order valence-corrected chi connectivity index (χ1v) is 8.36. The van der Waals surface area contributed by atoms with E-state index in [9.17, 15) is 18.3 Å². The second kappa shape index (κ2) is 5.83. The van der Waals surface area contributed by atoms with Crippen molar-refractivity contribution in [2.24, 2.45) is 0 Å². The highest BCUT2D eigenvalue weighted by molar-refractivity contribution is 7.92. The average Bonchev–Trinajstić information content (AvgIpc) is 2.40. The maximum atomic E-state index is 12.3. The Hall–Kier alpha value is -1.56. The molecule has 1 aliphatic rings. The van der Waals surface area contributed by atoms with Crippen LogP contribution in [0.4, 0.5) is 0 Å². The van der Waals surface area contributed by atoms with Gasteiger partial charge in [-0.05, 0) is 30.5 Å². The summed E-state index contributed by atoms with van der Waals surface area (Å²) in [5.41, 5.74) is 0.854. The van der Waals surface area contributed by atoms with Crippen molar-refractivity contribution in [3.05, 3.63) is 29.8 Å². The maximum Gasteiger partial charge on any atom is 0.240 e. The van der Waals surface area contributed by atoms with E-state index in [2.05, 4.69) is 0 Å². The molecular weight excluding hydrogens is 278 g/mol. The number of amides is 1. The Morgan fingerprint density at radius 2 is 1.95 bits per heavy atom. The van der Waals surface area contributed by atoms with Crippen LogP contribution in [0.3, 0.4) is 0 Å². The zero-order chi connectivity index (χ0) is 14.8. The molecule has 1 heterocycles. The Balaban J connectivity index is 2.06. The molecule has 20 heavy (non-hydrogen) atoms. The molecule has 0 aliphatic carbocycles. The molecule has 1 aromatic carbocycles. The summed E-state index contributed by atoms with van der Waals surface area (Å²) in [6, 6.07) is 6.53. The minimum Gasteiger partial charge on any atom is -0.508 e. The monoisotopic (exact) mass is 297 g/mol. The molecule has 1 N–H and O–H groups in total. The van der Waals surface area contributed by atoms with Crippen molar-refractivity contribution < 1.29 is 18.3 Å². The second-order valence-corrected chi connectivity index (χ2v) is 7.52. The van der Waals surface area contributed by atoms with Gasteiger partial charge in [-0.3, -0.25) is 4.79 Å². The van der Waals surface area contributed by atoms with Crippen molar-refractivity contribution in [3.63, 3.8) is 0 Å². The van der Waals surface area contributed by atoms with Gasteiger partial charge in [-0.25, -0.2) is 8.42 Å². The molecule has 0 radical (unpaired) electrons. The molecule has 1 atom stereocenters. The van der Waals surface area contributed by atoms with E-state index >= 15 is 0 Å². The van der Waals surface area contributed by atoms with E-state index in [-0.39, 0.29) is 17.4 Å². The van der Waals surface area contributed by atoms with Gasteiger partial charge in [0.1, 0.15) is 11.0 Å². The van der Waals surface area contributed by atoms with E-state index in [1.54, 1.807) is 31.3 Å². The van der Waals surface area contributed by atoms with Gasteiger partial charge in [0, 0.05) is 13.6 Å². The molecular formula is C14H19NO4S. The fourth-order valence-electron chi connectivity index (χ4n) is 2.43. The van der Waals surface area contributed by atoms with Crippen LogP contribution >= 0.6 is 0 Å². The maximum absolute atomic E-state index is 12.3. The first kappa shape index (κ1) is 14.8. The van der Waals surface area contributed by atoms with Crippen molar-refractivity contribution in [2.75, 3.05) is 12.8 Å². The number of aromatic hydroxyl groups is 1. The normalized spacial score (nSPS) is 21.4. The lowest BCUT2D eigenvalue weighted by atomic mass is 10.1. The molecule has 0 aromatic heterocycles. The number of rotatable bonds is 3. The molecule has 0 bridgehead atoms. The predicted molar refractivity (Wildman–Crippen MR) is 76.0 cm³/mol. The SMILES string of the molecule is CN(Cc1ccc(O)cc1)C(=O)C1CCCCS1(=O)=O. The lowest BCUT2D eigenvalue weighted by Gasteiger charge is -2.26. The van der Waals surface area contributed by atoms with Crippen LogP contribution < -0.4 is 0 Å². The molecule has 1 aromatic rings. The Kier molecular flexibility index (Phi) is 4.32. The van der Waals surface area contributed by atoms with Crippen LogP contribution in [0.5, 0.6) is 5.75 Å². The second-order valence-electron chi connectivity index (χ2n) is 5.21. The molecule has 6 heteroatoms. The van der Waals surface area contributed by atoms with Gasteiger partial charge in [0.2, 0.25) is 5.91 Å². The fraction of sp³-hybridized carbons (Fsp3) is 0.500. The summed E-state index contributed by atoms with van der Waals surface area (Å²) >= 11 is 0. The van der Waals surface area contributed by atoms with Crippen LogP contribution in [-0.2, 0) is 21.2 Å². The van der Waals surface area contributed by atoms with Crippen LogP contribution in [-0.4, -0.2) is 42.4 Å². The number of phenolic OH excluding ortho intramolecular Hbond substituents is 1. The van der Waals surface area contributed by atoms with Crippen LogP contribution in [0.15, 0.2) is 24.3 Å². The molecule has 0 spiro atoms. The highest BCUT2D eigenvalue weighted by Crippen LogP contribution is 2.22. The number of phenols is 1. The van der Waals surface area contributed by atoms with Gasteiger partial charge in [-0.1, -0.05) is 18.6 Å². The third-order valence-electron chi connectivity index (χ3n) is 3.59. The van der Waals surface area contributed by atoms with Gasteiger partial charge in [0.15, 0.2) is 9.84 Å². The van der Waals surface area contributed by atoms with E-state index in [1.807, 2.05) is 0 Å². The first-order valence-electron chi connectivity index (χ1n) is 6.64. The third kappa shape index (κ3) is 3.30. The zero-order valence-electron chi connectivity index (χ0n) is 11.4. The Morgan fingerprint density at radius 1 is 1.30 bits per heavy atom. The first-order chi connectivity index (χ1) is 9.40. The van der Waals surface area contributed by atoms with E-state index in [0.717, 1.165) is 12.0 Å². The summed E-state index contributed by atoms with van der Waals surface area (Å²) in [5, 5.41) is 8.32. The molecule has 1 saturated heterocycles. The van der Waals surface area contributed by atoms with Crippen LogP contribution in [0.2, 0.25) is 0 Å². The van der Waals surface area contributed by atoms with Gasteiger partial charge in [0.05, 0.1) is 5.75 Å². The summed E-state index contributed by atoms with van der Waals surface area (Å²) in [5.74, 6) is -0.0634. The summed E-state index contributed by atoms with van der Waals surface area (Å²) in [6.07, 6.45) is 1.84. The molecule has 5 nitrogen and oxygen atoms in total. The molecule has 110 valence electrons. The summed E-state index contributed by atoms with van der Waals surface area (Å²) in [7, 11) is -1.69. The molecule has 1 amide bonds. The lowest BCUT2D eigenvalue weighted by Crippen LogP contribution is -2.43. The smallest absolute Gasteiger partial charge is 0.240 e. The predicted octanol–water partition coefficient (Wildman–Crippen LogP) is 1.32. The number of benzene rings is 1. The topological polar surface area (TPSA) is 74.7 Å². The van der Waals surface area contributed by atoms with Crippen molar-refractivity contribution in [1.82, 2.24) is 4.90 Å². The van der Waals surface area contributed by atoms with Gasteiger partial charge in [0.25, 0.3) is 0 Å². The standard InChI is InChI=1S/C14H19NO4S/c1-15(10-11-5-7-12(16)8-6-11)14(17)13-4-2-3-9-20(13,18)19/h5-8,13,16H,2-4,9-10H2,1H3. The molecule has 1 aliphatic heterocycles. The lowest BCUT2D eigenvalue weighted by molar-refractivity contribution is -0.130. The van der Waals surface area contributed by atoms with E-state index in [1.165, 1.54) is 4.90 Å². The Bertz CT molecular complexity index is 580. The van der Waals surface area contributed by atoms with E-state index in [0.29, 0.717) is 19.4 Å². The fourth-order valence-corrected chi connectivity index (χ4v) is 4.33. The van der Waals surface area contributed by atoms with Crippen LogP contribution in [0.1, 0.15) is 24.8 Å². The van der Waals surface area contributed by atoms with Crippen LogP contribution in [0, 0.1) is 0 Å². The van der Waals surface area contributed by atoms with Crippen LogP contribution in [0.25, 0.3) is 0 Å². The molecule has 2 rings (SSSR count). The van der Waals surface area contributed by atoms with Crippen molar-refractivity contribution in [3.8, 4) is 5.75 Å². The van der Waals surface area contributed by atoms with Gasteiger partial charge in [-0.2, -0.15) is 0 Å². The Labute approximate surface area is 119 Å². The quantitative estimate of drug-likeness (QED) is 0.913. The minimum absolute atomic E-state index is 0.108. The van der Waals surface area contributed by atoms with E-state index < -0.39 is 15.1 Å². The highest BCUT2D eigenvalue weighted by atomic mass is 32.2. The van der Waals surface area contributed by atoms with E-state index in [4.69, 9.17) is 0 Å². The third-order valence-corrected chi connectivity index (χ3v) is 5.75. The Morgan fingerprint density at radius 3 is 2.55 bits per heavy atom. The largest absolute Gasteiger partial charge is 0.508 e. The molecule has 1 unspecified atom stereocenters. The average molecular weight is 297 g/mol. The molecule has 0 saturated carbocycles. The van der Waals surface area contributed by atoms with Gasteiger partial charge in [-0.15, -0.1) is 0 Å². The van der Waals surface area contributed by atoms with Gasteiger partial charge >= 0.3 is 0 Å². The summed E-state index contributed by atoms with van der Waals surface area (Å²) < 4.78 is 23.9. The highest BCUT2D eigenvalue weighted by Gasteiger charge is 2.36. The van der Waals surface area contributed by atoms with Crippen molar-refractivity contribution in [1.29, 1.82) is 0 Å². The minimum atomic E-state index is -3.30. The zero-order valence-corrected chi connectivity index (χ0v) is 12.3. The number of nitrogens with zero attached hydrogens (tertiary/aromatic N) is 1. The number of carbonyl (C=O) groups is 1. The number of hydrogen-bond donors (Lipinski definition) is 1. The number of carbonyl (C=O) groups excluding carboxylic acids is 1. The summed E-state index contributed by atoms with van der Waals surface area (Å²) in [4.78, 5) is 13.7. The van der Waals surface area contributed by atoms with Crippen molar-refractivity contribution in [2.45, 2.75) is 31.1 Å². The number of hydrogen-bond acceptors (Lipinski definition) is 4. The van der Waals surface area contributed by atoms with Gasteiger partial charge < -0.3 is 10.0 Å².